The van der Waals surface area contributed by atoms with Crippen LogP contribution in [0.4, 0.5) is 0 Å². The zero-order valence-corrected chi connectivity index (χ0v) is 14.7. The number of phenolic OH excluding ortho intramolecular Hbond substituents is 1. The van der Waals surface area contributed by atoms with Gasteiger partial charge in [-0.2, -0.15) is 0 Å². The van der Waals surface area contributed by atoms with Crippen molar-refractivity contribution in [3.63, 3.8) is 0 Å². The van der Waals surface area contributed by atoms with Gasteiger partial charge >= 0.3 is 0 Å². The van der Waals surface area contributed by atoms with Crippen molar-refractivity contribution in [2.75, 3.05) is 13.4 Å². The van der Waals surface area contributed by atoms with Crippen LogP contribution in [0.3, 0.4) is 0 Å². The van der Waals surface area contributed by atoms with Crippen molar-refractivity contribution >= 4 is 9.84 Å². The molecule has 0 aliphatic rings. The monoisotopic (exact) mass is 353 g/mol. The number of sulfone groups is 1. The highest BCUT2D eigenvalue weighted by atomic mass is 32.2. The van der Waals surface area contributed by atoms with Gasteiger partial charge < -0.3 is 9.84 Å². The summed E-state index contributed by atoms with van der Waals surface area (Å²) in [7, 11) is -1.67. The minimum absolute atomic E-state index is 0.120. The molecule has 5 heteroatoms. The third-order valence-electron chi connectivity index (χ3n) is 3.90. The van der Waals surface area contributed by atoms with Gasteiger partial charge in [0.05, 0.1) is 12.0 Å². The van der Waals surface area contributed by atoms with E-state index in [1.165, 1.54) is 6.26 Å². The first-order chi connectivity index (χ1) is 11.9. The van der Waals surface area contributed by atoms with Crippen LogP contribution in [0, 0.1) is 6.07 Å². The number of hydrogen-bond acceptors (Lipinski definition) is 4. The first kappa shape index (κ1) is 17.0. The highest BCUT2D eigenvalue weighted by molar-refractivity contribution is 7.90. The van der Waals surface area contributed by atoms with E-state index in [0.29, 0.717) is 16.9 Å². The third-order valence-corrected chi connectivity index (χ3v) is 5.03. The van der Waals surface area contributed by atoms with E-state index in [0.717, 1.165) is 11.1 Å². The molecule has 0 aliphatic carbocycles. The Morgan fingerprint density at radius 1 is 1.00 bits per heavy atom. The van der Waals surface area contributed by atoms with Crippen LogP contribution in [-0.2, 0) is 9.84 Å². The standard InChI is InChI=1S/C20H17O4S/c1-24-16-6-3-5-15(13-16)20-18(7-4-8-19(20)21)14-9-11-17(12-10-14)25(2,22)23/h3-6,8-13,21H,1-2H3. The first-order valence-corrected chi connectivity index (χ1v) is 9.48. The Hall–Kier alpha value is -2.79. The fraction of sp³-hybridized carbons (Fsp3) is 0.100. The molecule has 3 aromatic rings. The molecular weight excluding hydrogens is 336 g/mol. The molecule has 0 aliphatic heterocycles. The normalized spacial score (nSPS) is 11.3. The molecule has 0 fully saturated rings. The molecule has 4 nitrogen and oxygen atoms in total. The SMILES string of the molecule is COc1cccc(-c2c(-c3ccc(S(C)(=O)=O)cc3)[c]ccc2O)c1. The number of hydrogen-bond donors (Lipinski definition) is 1. The van der Waals surface area contributed by atoms with E-state index >= 15 is 0 Å². The van der Waals surface area contributed by atoms with E-state index in [9.17, 15) is 13.5 Å². The van der Waals surface area contributed by atoms with E-state index in [1.54, 1.807) is 43.5 Å². The molecule has 0 heterocycles. The number of methoxy groups -OCH3 is 1. The average molecular weight is 353 g/mol. The van der Waals surface area contributed by atoms with Gasteiger partial charge in [-0.05, 0) is 47.5 Å². The van der Waals surface area contributed by atoms with Crippen LogP contribution < -0.4 is 4.74 Å². The number of aromatic hydroxyl groups is 1. The molecule has 127 valence electrons. The van der Waals surface area contributed by atoms with E-state index in [4.69, 9.17) is 4.74 Å². The zero-order chi connectivity index (χ0) is 18.0. The van der Waals surface area contributed by atoms with Gasteiger partial charge in [-0.1, -0.05) is 30.3 Å². The molecule has 0 amide bonds. The molecule has 0 aromatic heterocycles. The van der Waals surface area contributed by atoms with Crippen molar-refractivity contribution in [1.29, 1.82) is 0 Å². The molecule has 1 N–H and O–H groups in total. The molecule has 0 unspecified atom stereocenters. The topological polar surface area (TPSA) is 63.6 Å². The molecule has 0 atom stereocenters. The van der Waals surface area contributed by atoms with Crippen LogP contribution in [0.15, 0.2) is 65.6 Å². The Morgan fingerprint density at radius 2 is 1.72 bits per heavy atom. The fourth-order valence-corrected chi connectivity index (χ4v) is 3.29. The second-order valence-corrected chi connectivity index (χ2v) is 7.66. The lowest BCUT2D eigenvalue weighted by Crippen LogP contribution is -1.96. The summed E-state index contributed by atoms with van der Waals surface area (Å²) in [4.78, 5) is 0.249. The molecule has 3 rings (SSSR count). The largest absolute Gasteiger partial charge is 0.507 e. The van der Waals surface area contributed by atoms with Gasteiger partial charge in [0.1, 0.15) is 11.5 Å². The maximum absolute atomic E-state index is 11.6. The Labute approximate surface area is 147 Å². The van der Waals surface area contributed by atoms with Gasteiger partial charge in [0, 0.05) is 17.4 Å². The van der Waals surface area contributed by atoms with Crippen molar-refractivity contribution in [3.05, 3.63) is 66.7 Å². The second kappa shape index (κ2) is 6.61. The van der Waals surface area contributed by atoms with Gasteiger partial charge in [0.25, 0.3) is 0 Å². The third kappa shape index (κ3) is 3.51. The first-order valence-electron chi connectivity index (χ1n) is 7.59. The summed E-state index contributed by atoms with van der Waals surface area (Å²) in [6, 6.07) is 20.3. The Balaban J connectivity index is 2.16. The maximum Gasteiger partial charge on any atom is 0.175 e. The van der Waals surface area contributed by atoms with Crippen molar-refractivity contribution in [1.82, 2.24) is 0 Å². The highest BCUT2D eigenvalue weighted by Crippen LogP contribution is 2.39. The van der Waals surface area contributed by atoms with Crippen LogP contribution in [0.5, 0.6) is 11.5 Å². The van der Waals surface area contributed by atoms with Gasteiger partial charge in [0.15, 0.2) is 9.84 Å². The van der Waals surface area contributed by atoms with Crippen LogP contribution in [-0.4, -0.2) is 26.9 Å². The van der Waals surface area contributed by atoms with Gasteiger partial charge in [-0.25, -0.2) is 8.42 Å². The summed E-state index contributed by atoms with van der Waals surface area (Å²) < 4.78 is 28.5. The van der Waals surface area contributed by atoms with Crippen molar-refractivity contribution < 1.29 is 18.3 Å². The molecule has 0 bridgehead atoms. The molecule has 1 radical (unpaired) electrons. The number of benzene rings is 3. The predicted molar refractivity (Wildman–Crippen MR) is 97.5 cm³/mol. The quantitative estimate of drug-likeness (QED) is 0.772. The summed E-state index contributed by atoms with van der Waals surface area (Å²) in [6.45, 7) is 0. The van der Waals surface area contributed by atoms with E-state index in [2.05, 4.69) is 6.07 Å². The van der Waals surface area contributed by atoms with Crippen molar-refractivity contribution in [2.45, 2.75) is 4.90 Å². The number of rotatable bonds is 4. The lowest BCUT2D eigenvalue weighted by Gasteiger charge is -2.13. The summed E-state index contributed by atoms with van der Waals surface area (Å²) in [5.41, 5.74) is 2.86. The lowest BCUT2D eigenvalue weighted by atomic mass is 9.93. The van der Waals surface area contributed by atoms with Gasteiger partial charge in [-0.3, -0.25) is 0 Å². The Morgan fingerprint density at radius 3 is 2.36 bits per heavy atom. The minimum atomic E-state index is -3.26. The lowest BCUT2D eigenvalue weighted by molar-refractivity contribution is 0.415. The molecule has 3 aromatic carbocycles. The molecule has 0 saturated heterocycles. The number of phenols is 1. The summed E-state index contributed by atoms with van der Waals surface area (Å²) in [5.74, 6) is 0.799. The average Bonchev–Trinajstić information content (AvgIpc) is 2.61. The summed E-state index contributed by atoms with van der Waals surface area (Å²) in [5, 5.41) is 10.4. The molecular formula is C20H17O4S. The minimum Gasteiger partial charge on any atom is -0.507 e. The number of ether oxygens (including phenoxy) is 1. The zero-order valence-electron chi connectivity index (χ0n) is 13.9. The molecule has 0 spiro atoms. The summed E-state index contributed by atoms with van der Waals surface area (Å²) >= 11 is 0. The van der Waals surface area contributed by atoms with Crippen molar-refractivity contribution in [3.8, 4) is 33.8 Å². The molecule has 0 saturated carbocycles. The Kier molecular flexibility index (Phi) is 4.51. The van der Waals surface area contributed by atoms with Crippen molar-refractivity contribution in [2.24, 2.45) is 0 Å². The second-order valence-electron chi connectivity index (χ2n) is 5.64. The van der Waals surface area contributed by atoms with E-state index in [1.807, 2.05) is 24.3 Å². The van der Waals surface area contributed by atoms with Gasteiger partial charge in [-0.15, -0.1) is 0 Å². The fourth-order valence-electron chi connectivity index (χ4n) is 2.65. The Bertz CT molecular complexity index is 1010. The maximum atomic E-state index is 11.6. The van der Waals surface area contributed by atoms with E-state index < -0.39 is 9.84 Å². The summed E-state index contributed by atoms with van der Waals surface area (Å²) in [6.07, 6.45) is 1.17. The van der Waals surface area contributed by atoms with Crippen LogP contribution in [0.2, 0.25) is 0 Å². The van der Waals surface area contributed by atoms with Crippen LogP contribution in [0.1, 0.15) is 0 Å². The highest BCUT2D eigenvalue weighted by Gasteiger charge is 2.14. The molecule has 25 heavy (non-hydrogen) atoms. The van der Waals surface area contributed by atoms with Crippen LogP contribution in [0.25, 0.3) is 22.3 Å². The predicted octanol–water partition coefficient (Wildman–Crippen LogP) is 3.94. The van der Waals surface area contributed by atoms with Gasteiger partial charge in [0.2, 0.25) is 0 Å². The smallest absolute Gasteiger partial charge is 0.175 e. The van der Waals surface area contributed by atoms with E-state index in [-0.39, 0.29) is 10.6 Å². The van der Waals surface area contributed by atoms with Crippen LogP contribution >= 0.6 is 0 Å².